The molecule has 0 radical (unpaired) electrons. The van der Waals surface area contributed by atoms with Crippen LogP contribution in [-0.2, 0) is 0 Å². The van der Waals surface area contributed by atoms with Crippen LogP contribution in [0, 0.1) is 0 Å². The highest BCUT2D eigenvalue weighted by atomic mass is 19.3. The quantitative estimate of drug-likeness (QED) is 0.741. The van der Waals surface area contributed by atoms with Crippen molar-refractivity contribution in [2.45, 2.75) is 6.43 Å². The number of benzene rings is 1. The number of methoxy groups -OCH3 is 1. The molecule has 0 aliphatic carbocycles. The van der Waals surface area contributed by atoms with Gasteiger partial charge in [0, 0.05) is 12.7 Å². The summed E-state index contributed by atoms with van der Waals surface area (Å²) in [6.07, 6.45) is -2.32. The second-order valence-corrected chi connectivity index (χ2v) is 2.97. The van der Waals surface area contributed by atoms with Gasteiger partial charge in [0.1, 0.15) is 5.75 Å². The summed E-state index contributed by atoms with van der Waals surface area (Å²) in [6, 6.07) is 7.00. The Morgan fingerprint density at radius 2 is 1.86 bits per heavy atom. The van der Waals surface area contributed by atoms with Gasteiger partial charge in [0.15, 0.2) is 0 Å². The fraction of sp³-hybridized carbons (Fsp3) is 0.400. The number of anilines is 1. The fourth-order valence-corrected chi connectivity index (χ4v) is 1.15. The Kier molecular flexibility index (Phi) is 3.68. The molecule has 4 heteroatoms. The van der Waals surface area contributed by atoms with Crippen LogP contribution in [0.2, 0.25) is 0 Å². The molecule has 1 aromatic carbocycles. The molecule has 14 heavy (non-hydrogen) atoms. The van der Waals surface area contributed by atoms with E-state index in [4.69, 9.17) is 4.74 Å². The van der Waals surface area contributed by atoms with E-state index in [-0.39, 0.29) is 6.54 Å². The minimum atomic E-state index is -2.32. The molecule has 0 aliphatic rings. The molecular formula is C10H13F2NO. The topological polar surface area (TPSA) is 12.5 Å². The van der Waals surface area contributed by atoms with Gasteiger partial charge in [-0.15, -0.1) is 0 Å². The van der Waals surface area contributed by atoms with E-state index >= 15 is 0 Å². The third kappa shape index (κ3) is 2.87. The van der Waals surface area contributed by atoms with Gasteiger partial charge < -0.3 is 9.64 Å². The van der Waals surface area contributed by atoms with Crippen molar-refractivity contribution in [1.82, 2.24) is 0 Å². The van der Waals surface area contributed by atoms with Crippen LogP contribution in [0.3, 0.4) is 0 Å². The van der Waals surface area contributed by atoms with Crippen molar-refractivity contribution in [2.75, 3.05) is 25.6 Å². The van der Waals surface area contributed by atoms with Crippen molar-refractivity contribution in [3.05, 3.63) is 24.3 Å². The zero-order chi connectivity index (χ0) is 10.6. The number of ether oxygens (including phenoxy) is 1. The highest BCUT2D eigenvalue weighted by Crippen LogP contribution is 2.18. The molecule has 1 aromatic rings. The van der Waals surface area contributed by atoms with Gasteiger partial charge in [-0.1, -0.05) is 0 Å². The van der Waals surface area contributed by atoms with Crippen LogP contribution in [0.15, 0.2) is 24.3 Å². The number of alkyl halides is 2. The zero-order valence-corrected chi connectivity index (χ0v) is 8.21. The Morgan fingerprint density at radius 3 is 2.29 bits per heavy atom. The Bertz CT molecular complexity index is 274. The second kappa shape index (κ2) is 4.79. The molecule has 0 N–H and O–H groups in total. The molecule has 0 aromatic heterocycles. The standard InChI is InChI=1S/C10H13F2NO/c1-13(7-10(11)12)8-3-5-9(14-2)6-4-8/h3-6,10H,7H2,1-2H3. The SMILES string of the molecule is COc1ccc(N(C)CC(F)F)cc1. The molecule has 78 valence electrons. The van der Waals surface area contributed by atoms with Gasteiger partial charge in [-0.05, 0) is 24.3 Å². The van der Waals surface area contributed by atoms with Crippen LogP contribution >= 0.6 is 0 Å². The van der Waals surface area contributed by atoms with Crippen molar-refractivity contribution < 1.29 is 13.5 Å². The monoisotopic (exact) mass is 201 g/mol. The highest BCUT2D eigenvalue weighted by molar-refractivity contribution is 5.48. The van der Waals surface area contributed by atoms with Crippen LogP contribution in [0.25, 0.3) is 0 Å². The third-order valence-electron chi connectivity index (χ3n) is 1.93. The lowest BCUT2D eigenvalue weighted by Crippen LogP contribution is -2.23. The zero-order valence-electron chi connectivity index (χ0n) is 8.21. The van der Waals surface area contributed by atoms with Crippen LogP contribution in [0.4, 0.5) is 14.5 Å². The number of hydrogen-bond acceptors (Lipinski definition) is 2. The summed E-state index contributed by atoms with van der Waals surface area (Å²) in [5.74, 6) is 0.721. The van der Waals surface area contributed by atoms with Gasteiger partial charge in [0.05, 0.1) is 13.7 Å². The summed E-state index contributed by atoms with van der Waals surface area (Å²) in [7, 11) is 3.20. The number of halogens is 2. The minimum Gasteiger partial charge on any atom is -0.497 e. The fourth-order valence-electron chi connectivity index (χ4n) is 1.15. The predicted molar refractivity (Wildman–Crippen MR) is 52.3 cm³/mol. The largest absolute Gasteiger partial charge is 0.497 e. The Balaban J connectivity index is 2.66. The number of hydrogen-bond donors (Lipinski definition) is 0. The summed E-state index contributed by atoms with van der Waals surface area (Å²) in [6.45, 7) is -0.258. The molecular weight excluding hydrogens is 188 g/mol. The van der Waals surface area contributed by atoms with Crippen molar-refractivity contribution in [1.29, 1.82) is 0 Å². The summed E-state index contributed by atoms with van der Waals surface area (Å²) in [5, 5.41) is 0. The van der Waals surface area contributed by atoms with Gasteiger partial charge >= 0.3 is 0 Å². The molecule has 0 aliphatic heterocycles. The number of nitrogens with zero attached hydrogens (tertiary/aromatic N) is 1. The van der Waals surface area contributed by atoms with Crippen LogP contribution in [0.5, 0.6) is 5.75 Å². The Labute approximate surface area is 82.1 Å². The minimum absolute atomic E-state index is 0.258. The molecule has 1 rings (SSSR count). The first-order chi connectivity index (χ1) is 6.63. The molecule has 0 fully saturated rings. The molecule has 0 unspecified atom stereocenters. The lowest BCUT2D eigenvalue weighted by Gasteiger charge is -2.18. The van der Waals surface area contributed by atoms with Crippen molar-refractivity contribution in [3.8, 4) is 5.75 Å². The van der Waals surface area contributed by atoms with Gasteiger partial charge in [0.25, 0.3) is 6.43 Å². The molecule has 2 nitrogen and oxygen atoms in total. The summed E-state index contributed by atoms with van der Waals surface area (Å²) < 4.78 is 29.1. The first-order valence-corrected chi connectivity index (χ1v) is 4.27. The summed E-state index contributed by atoms with van der Waals surface area (Å²) in [5.41, 5.74) is 0.756. The average Bonchev–Trinajstić information content (AvgIpc) is 2.17. The average molecular weight is 201 g/mol. The van der Waals surface area contributed by atoms with Gasteiger partial charge in [-0.25, -0.2) is 8.78 Å². The first kappa shape index (κ1) is 10.8. The second-order valence-electron chi connectivity index (χ2n) is 2.97. The van der Waals surface area contributed by atoms with E-state index in [1.54, 1.807) is 38.4 Å². The van der Waals surface area contributed by atoms with Gasteiger partial charge in [0.2, 0.25) is 0 Å². The molecule has 0 bridgehead atoms. The molecule has 0 amide bonds. The molecule has 0 heterocycles. The van der Waals surface area contributed by atoms with Gasteiger partial charge in [-0.2, -0.15) is 0 Å². The first-order valence-electron chi connectivity index (χ1n) is 4.27. The summed E-state index contributed by atoms with van der Waals surface area (Å²) in [4.78, 5) is 1.50. The van der Waals surface area contributed by atoms with Crippen LogP contribution in [-0.4, -0.2) is 27.1 Å². The third-order valence-corrected chi connectivity index (χ3v) is 1.93. The maximum atomic E-state index is 12.0. The molecule has 0 saturated heterocycles. The number of rotatable bonds is 4. The maximum absolute atomic E-state index is 12.0. The van der Waals surface area contributed by atoms with Crippen LogP contribution < -0.4 is 9.64 Å². The summed E-state index contributed by atoms with van der Waals surface area (Å²) >= 11 is 0. The Hall–Kier alpha value is -1.32. The van der Waals surface area contributed by atoms with Crippen LogP contribution in [0.1, 0.15) is 0 Å². The molecule has 0 saturated carbocycles. The Morgan fingerprint density at radius 1 is 1.29 bits per heavy atom. The predicted octanol–water partition coefficient (Wildman–Crippen LogP) is 2.40. The molecule has 0 atom stereocenters. The van der Waals surface area contributed by atoms with Crippen molar-refractivity contribution in [3.63, 3.8) is 0 Å². The maximum Gasteiger partial charge on any atom is 0.255 e. The normalized spacial score (nSPS) is 10.4. The van der Waals surface area contributed by atoms with E-state index < -0.39 is 6.43 Å². The van der Waals surface area contributed by atoms with Gasteiger partial charge in [-0.3, -0.25) is 0 Å². The molecule has 0 spiro atoms. The highest BCUT2D eigenvalue weighted by Gasteiger charge is 2.07. The smallest absolute Gasteiger partial charge is 0.255 e. The van der Waals surface area contributed by atoms with E-state index in [2.05, 4.69) is 0 Å². The van der Waals surface area contributed by atoms with E-state index in [1.807, 2.05) is 0 Å². The van der Waals surface area contributed by atoms with E-state index in [9.17, 15) is 8.78 Å². The van der Waals surface area contributed by atoms with E-state index in [0.717, 1.165) is 11.4 Å². The lowest BCUT2D eigenvalue weighted by molar-refractivity contribution is 0.156. The van der Waals surface area contributed by atoms with E-state index in [0.29, 0.717) is 0 Å². The van der Waals surface area contributed by atoms with Crippen molar-refractivity contribution in [2.24, 2.45) is 0 Å². The van der Waals surface area contributed by atoms with E-state index in [1.165, 1.54) is 4.90 Å². The lowest BCUT2D eigenvalue weighted by atomic mass is 10.3. The van der Waals surface area contributed by atoms with Crippen molar-refractivity contribution >= 4 is 5.69 Å².